The van der Waals surface area contributed by atoms with Gasteiger partial charge in [-0.2, -0.15) is 0 Å². The molecule has 0 aliphatic rings. The van der Waals surface area contributed by atoms with E-state index in [1.807, 2.05) is 5.32 Å². The van der Waals surface area contributed by atoms with E-state index in [9.17, 15) is 27.2 Å². The van der Waals surface area contributed by atoms with Crippen molar-refractivity contribution in [2.75, 3.05) is 5.32 Å². The normalized spacial score (nSPS) is 11.3. The Hall–Kier alpha value is -2.92. The standard InChI is InChI=1S/C16H8ClF4N3O3S/c17-8-2-1-3-9(18)12(8)13(25)23-14(26)24-15-22-10-5-4-7(6-11(10)28-15)27-16(19,20)21/h1-6H,(H2,22,23,24,25,26). The molecule has 3 amide bonds. The molecule has 0 saturated heterocycles. The molecule has 2 N–H and O–H groups in total. The van der Waals surface area contributed by atoms with Crippen LogP contribution in [0.2, 0.25) is 5.02 Å². The van der Waals surface area contributed by atoms with Gasteiger partial charge in [-0.3, -0.25) is 15.4 Å². The van der Waals surface area contributed by atoms with Crippen molar-refractivity contribution in [3.63, 3.8) is 0 Å². The van der Waals surface area contributed by atoms with E-state index in [-0.39, 0.29) is 10.2 Å². The summed E-state index contributed by atoms with van der Waals surface area (Å²) < 4.78 is 54.6. The number of rotatable bonds is 3. The van der Waals surface area contributed by atoms with Gasteiger partial charge in [0.05, 0.1) is 20.8 Å². The molecule has 3 rings (SSSR count). The van der Waals surface area contributed by atoms with Crippen molar-refractivity contribution in [3.8, 4) is 5.75 Å². The molecule has 6 nitrogen and oxygen atoms in total. The topological polar surface area (TPSA) is 80.3 Å². The summed E-state index contributed by atoms with van der Waals surface area (Å²) in [6.07, 6.45) is -4.84. The predicted octanol–water partition coefficient (Wildman–Crippen LogP) is 4.95. The van der Waals surface area contributed by atoms with Crippen molar-refractivity contribution in [1.82, 2.24) is 10.3 Å². The maximum absolute atomic E-state index is 13.7. The third-order valence-corrected chi connectivity index (χ3v) is 4.48. The molecular weight excluding hydrogens is 426 g/mol. The maximum Gasteiger partial charge on any atom is 0.573 e. The van der Waals surface area contributed by atoms with Gasteiger partial charge in [0.25, 0.3) is 5.91 Å². The number of carbonyl (C=O) groups excluding carboxylic acids is 2. The minimum atomic E-state index is -4.84. The lowest BCUT2D eigenvalue weighted by Gasteiger charge is -2.07. The Morgan fingerprint density at radius 2 is 1.93 bits per heavy atom. The Morgan fingerprint density at radius 1 is 1.18 bits per heavy atom. The molecule has 0 fully saturated rings. The number of urea groups is 1. The average molecular weight is 434 g/mol. The molecule has 0 atom stereocenters. The molecule has 0 unspecified atom stereocenters. The molecule has 0 radical (unpaired) electrons. The van der Waals surface area contributed by atoms with Crippen LogP contribution in [0, 0.1) is 5.82 Å². The molecule has 0 spiro atoms. The van der Waals surface area contributed by atoms with Gasteiger partial charge in [-0.25, -0.2) is 14.2 Å². The van der Waals surface area contributed by atoms with Crippen molar-refractivity contribution >= 4 is 50.2 Å². The quantitative estimate of drug-likeness (QED) is 0.573. The molecule has 0 saturated carbocycles. The van der Waals surface area contributed by atoms with Gasteiger partial charge in [0.2, 0.25) is 0 Å². The zero-order valence-electron chi connectivity index (χ0n) is 13.4. The lowest BCUT2D eigenvalue weighted by atomic mass is 10.2. The molecule has 12 heteroatoms. The van der Waals surface area contributed by atoms with Gasteiger partial charge in [0.15, 0.2) is 5.13 Å². The molecule has 1 aromatic heterocycles. The van der Waals surface area contributed by atoms with Crippen LogP contribution in [0.15, 0.2) is 36.4 Å². The number of halogens is 5. The van der Waals surface area contributed by atoms with Gasteiger partial charge in [-0.1, -0.05) is 29.0 Å². The van der Waals surface area contributed by atoms with E-state index < -0.39 is 35.4 Å². The number of ether oxygens (including phenoxy) is 1. The highest BCUT2D eigenvalue weighted by atomic mass is 35.5. The van der Waals surface area contributed by atoms with Crippen LogP contribution >= 0.6 is 22.9 Å². The number of carbonyl (C=O) groups is 2. The molecule has 28 heavy (non-hydrogen) atoms. The second-order valence-electron chi connectivity index (χ2n) is 5.20. The first-order chi connectivity index (χ1) is 13.1. The number of amides is 3. The monoisotopic (exact) mass is 433 g/mol. The summed E-state index contributed by atoms with van der Waals surface area (Å²) in [6.45, 7) is 0. The summed E-state index contributed by atoms with van der Waals surface area (Å²) in [5.74, 6) is -2.42. The second kappa shape index (κ2) is 7.60. The van der Waals surface area contributed by atoms with E-state index in [1.54, 1.807) is 0 Å². The number of imide groups is 1. The minimum absolute atomic E-state index is 0.00379. The minimum Gasteiger partial charge on any atom is -0.406 e. The van der Waals surface area contributed by atoms with Crippen LogP contribution in [-0.2, 0) is 0 Å². The van der Waals surface area contributed by atoms with E-state index in [0.717, 1.165) is 29.5 Å². The number of fused-ring (bicyclic) bond motifs is 1. The highest BCUT2D eigenvalue weighted by Crippen LogP contribution is 2.31. The average Bonchev–Trinajstić information content (AvgIpc) is 2.94. The molecule has 1 heterocycles. The summed E-state index contributed by atoms with van der Waals surface area (Å²) in [7, 11) is 0. The van der Waals surface area contributed by atoms with E-state index >= 15 is 0 Å². The highest BCUT2D eigenvalue weighted by Gasteiger charge is 2.31. The summed E-state index contributed by atoms with van der Waals surface area (Å²) >= 11 is 6.60. The lowest BCUT2D eigenvalue weighted by molar-refractivity contribution is -0.274. The number of benzene rings is 2. The number of nitrogens with zero attached hydrogens (tertiary/aromatic N) is 1. The van der Waals surface area contributed by atoms with E-state index in [1.165, 1.54) is 18.2 Å². The third-order valence-electron chi connectivity index (χ3n) is 3.23. The van der Waals surface area contributed by atoms with Gasteiger partial charge in [-0.15, -0.1) is 13.2 Å². The largest absolute Gasteiger partial charge is 0.573 e. The summed E-state index contributed by atoms with van der Waals surface area (Å²) in [5.41, 5.74) is -0.198. The molecule has 146 valence electrons. The number of alkyl halides is 3. The van der Waals surface area contributed by atoms with Crippen LogP contribution < -0.4 is 15.4 Å². The number of aromatic nitrogens is 1. The fourth-order valence-corrected chi connectivity index (χ4v) is 3.30. The molecule has 2 aromatic carbocycles. The van der Waals surface area contributed by atoms with Gasteiger partial charge in [0, 0.05) is 6.07 Å². The van der Waals surface area contributed by atoms with Crippen LogP contribution in [0.1, 0.15) is 10.4 Å². The number of hydrogen-bond acceptors (Lipinski definition) is 5. The van der Waals surface area contributed by atoms with Gasteiger partial charge in [-0.05, 0) is 24.3 Å². The van der Waals surface area contributed by atoms with Gasteiger partial charge >= 0.3 is 12.4 Å². The van der Waals surface area contributed by atoms with Crippen molar-refractivity contribution in [2.45, 2.75) is 6.36 Å². The molecule has 0 aliphatic heterocycles. The Kier molecular flexibility index (Phi) is 5.38. The third kappa shape index (κ3) is 4.67. The van der Waals surface area contributed by atoms with Crippen LogP contribution in [0.4, 0.5) is 27.5 Å². The van der Waals surface area contributed by atoms with Gasteiger partial charge in [0.1, 0.15) is 11.6 Å². The van der Waals surface area contributed by atoms with Gasteiger partial charge < -0.3 is 4.74 Å². The molecule has 0 aliphatic carbocycles. The van der Waals surface area contributed by atoms with E-state index in [4.69, 9.17) is 11.6 Å². The van der Waals surface area contributed by atoms with Crippen molar-refractivity contribution < 1.29 is 31.9 Å². The van der Waals surface area contributed by atoms with Crippen LogP contribution in [-0.4, -0.2) is 23.3 Å². The lowest BCUT2D eigenvalue weighted by Crippen LogP contribution is -2.35. The Labute approximate surface area is 163 Å². The highest BCUT2D eigenvalue weighted by molar-refractivity contribution is 7.22. The summed E-state index contributed by atoms with van der Waals surface area (Å²) in [5, 5.41) is 3.97. The van der Waals surface area contributed by atoms with E-state index in [0.29, 0.717) is 10.2 Å². The van der Waals surface area contributed by atoms with Crippen LogP contribution in [0.5, 0.6) is 5.75 Å². The first-order valence-electron chi connectivity index (χ1n) is 7.35. The Balaban J connectivity index is 1.71. The maximum atomic E-state index is 13.7. The van der Waals surface area contributed by atoms with Crippen molar-refractivity contribution in [1.29, 1.82) is 0 Å². The Bertz CT molecular complexity index is 1050. The number of nitrogens with one attached hydrogen (secondary N) is 2. The fraction of sp³-hybridized carbons (Fsp3) is 0.0625. The number of anilines is 1. The zero-order valence-corrected chi connectivity index (χ0v) is 15.0. The first-order valence-corrected chi connectivity index (χ1v) is 8.54. The molecule has 0 bridgehead atoms. The van der Waals surface area contributed by atoms with Crippen LogP contribution in [0.3, 0.4) is 0 Å². The SMILES string of the molecule is O=C(NC(=O)c1c(F)cccc1Cl)Nc1nc2ccc(OC(F)(F)F)cc2s1. The second-order valence-corrected chi connectivity index (χ2v) is 6.64. The molecule has 3 aromatic rings. The molecular formula is C16H8ClF4N3O3S. The van der Waals surface area contributed by atoms with E-state index in [2.05, 4.69) is 15.0 Å². The first kappa shape index (κ1) is 19.8. The van der Waals surface area contributed by atoms with Crippen LogP contribution in [0.25, 0.3) is 10.2 Å². The van der Waals surface area contributed by atoms with Crippen molar-refractivity contribution in [3.05, 3.63) is 52.8 Å². The summed E-state index contributed by atoms with van der Waals surface area (Å²) in [4.78, 5) is 27.9. The summed E-state index contributed by atoms with van der Waals surface area (Å²) in [6, 6.07) is 6.03. The number of hydrogen-bond donors (Lipinski definition) is 2. The smallest absolute Gasteiger partial charge is 0.406 e. The zero-order chi connectivity index (χ0) is 20.5. The Morgan fingerprint density at radius 3 is 2.61 bits per heavy atom. The van der Waals surface area contributed by atoms with Crippen molar-refractivity contribution in [2.24, 2.45) is 0 Å². The number of thiazole rings is 1. The fourth-order valence-electron chi connectivity index (χ4n) is 2.16. The predicted molar refractivity (Wildman–Crippen MR) is 94.2 cm³/mol.